The average molecular weight is 264 g/mol. The van der Waals surface area contributed by atoms with Gasteiger partial charge in [0.2, 0.25) is 0 Å². The molecule has 1 aromatic rings. The fourth-order valence-electron chi connectivity index (χ4n) is 1.53. The first-order valence-corrected chi connectivity index (χ1v) is 7.01. The zero-order valence-electron chi connectivity index (χ0n) is 11.7. The molecular weight excluding hydrogens is 244 g/mol. The largest absolute Gasteiger partial charge is 0.299 e. The summed E-state index contributed by atoms with van der Waals surface area (Å²) >= 11 is 1.52. The average Bonchev–Trinajstić information content (AvgIpc) is 2.33. The van der Waals surface area contributed by atoms with Crippen LogP contribution in [0.2, 0.25) is 0 Å². The molecule has 98 valence electrons. The molecule has 0 aromatic carbocycles. The summed E-state index contributed by atoms with van der Waals surface area (Å²) in [5.74, 6) is 0.638. The molecule has 0 aliphatic rings. The molecule has 18 heavy (non-hydrogen) atoms. The van der Waals surface area contributed by atoms with Gasteiger partial charge in [-0.3, -0.25) is 5.32 Å². The van der Waals surface area contributed by atoms with Gasteiger partial charge in [-0.1, -0.05) is 18.7 Å². The molecule has 1 heterocycles. The highest BCUT2D eigenvalue weighted by Gasteiger charge is 2.23. The summed E-state index contributed by atoms with van der Waals surface area (Å²) in [4.78, 5) is 8.89. The van der Waals surface area contributed by atoms with E-state index in [1.54, 1.807) is 0 Å². The van der Waals surface area contributed by atoms with Crippen LogP contribution < -0.4 is 5.32 Å². The first-order valence-electron chi connectivity index (χ1n) is 6.03. The predicted molar refractivity (Wildman–Crippen MR) is 74.7 cm³/mol. The van der Waals surface area contributed by atoms with E-state index in [1.165, 1.54) is 11.8 Å². The molecule has 1 atom stereocenters. The maximum absolute atomic E-state index is 9.18. The van der Waals surface area contributed by atoms with Gasteiger partial charge in [0.1, 0.15) is 5.54 Å². The maximum atomic E-state index is 9.18. The molecule has 0 spiro atoms. The quantitative estimate of drug-likeness (QED) is 0.653. The highest BCUT2D eigenvalue weighted by atomic mass is 32.2. The lowest BCUT2D eigenvalue weighted by atomic mass is 10.1. The number of rotatable bonds is 5. The van der Waals surface area contributed by atoms with Crippen molar-refractivity contribution < 1.29 is 0 Å². The second kappa shape index (κ2) is 6.17. The minimum atomic E-state index is -0.532. The summed E-state index contributed by atoms with van der Waals surface area (Å²) < 4.78 is 0. The molecule has 0 radical (unpaired) electrons. The van der Waals surface area contributed by atoms with Crippen LogP contribution >= 0.6 is 11.8 Å². The summed E-state index contributed by atoms with van der Waals surface area (Å²) in [7, 11) is 0. The predicted octanol–water partition coefficient (Wildman–Crippen LogP) is 2.39. The molecular formula is C13H20N4S. The second-order valence-corrected chi connectivity index (χ2v) is 5.51. The Morgan fingerprint density at radius 3 is 2.28 bits per heavy atom. The first kappa shape index (κ1) is 14.9. The van der Waals surface area contributed by atoms with Crippen LogP contribution in [0.4, 0.5) is 0 Å². The molecule has 1 aromatic heterocycles. The van der Waals surface area contributed by atoms with Crippen LogP contribution in [0, 0.1) is 32.1 Å². The van der Waals surface area contributed by atoms with Crippen LogP contribution in [0.3, 0.4) is 0 Å². The maximum Gasteiger partial charge on any atom is 0.188 e. The molecule has 0 aliphatic heterocycles. The van der Waals surface area contributed by atoms with Gasteiger partial charge in [-0.05, 0) is 39.8 Å². The number of nitrogens with zero attached hydrogens (tertiary/aromatic N) is 3. The number of thioether (sulfide) groups is 1. The van der Waals surface area contributed by atoms with Gasteiger partial charge >= 0.3 is 0 Å². The van der Waals surface area contributed by atoms with Crippen molar-refractivity contribution in [2.45, 2.75) is 45.3 Å². The van der Waals surface area contributed by atoms with Gasteiger partial charge in [-0.2, -0.15) is 5.26 Å². The van der Waals surface area contributed by atoms with Gasteiger partial charge in [-0.15, -0.1) is 0 Å². The number of nitriles is 1. The lowest BCUT2D eigenvalue weighted by Crippen LogP contribution is -2.43. The van der Waals surface area contributed by atoms with Crippen molar-refractivity contribution in [1.29, 1.82) is 5.26 Å². The molecule has 0 saturated carbocycles. The summed E-state index contributed by atoms with van der Waals surface area (Å²) in [6.45, 7) is 10.7. The van der Waals surface area contributed by atoms with Crippen molar-refractivity contribution in [3.63, 3.8) is 0 Å². The van der Waals surface area contributed by atoms with E-state index in [0.29, 0.717) is 5.75 Å². The third kappa shape index (κ3) is 3.69. The van der Waals surface area contributed by atoms with E-state index < -0.39 is 5.54 Å². The number of hydrogen-bond donors (Lipinski definition) is 1. The molecule has 0 amide bonds. The van der Waals surface area contributed by atoms with Crippen molar-refractivity contribution in [2.24, 2.45) is 0 Å². The Morgan fingerprint density at radius 1 is 1.28 bits per heavy atom. The minimum absolute atomic E-state index is 0.532. The van der Waals surface area contributed by atoms with Gasteiger partial charge in [0.25, 0.3) is 0 Å². The first-order chi connectivity index (χ1) is 8.41. The number of aryl methyl sites for hydroxylation is 2. The Morgan fingerprint density at radius 2 is 1.83 bits per heavy atom. The van der Waals surface area contributed by atoms with Crippen molar-refractivity contribution in [1.82, 2.24) is 15.3 Å². The molecule has 0 fully saturated rings. The Balaban J connectivity index is 2.78. The summed E-state index contributed by atoms with van der Waals surface area (Å²) in [6.07, 6.45) is 0. The van der Waals surface area contributed by atoms with Crippen molar-refractivity contribution in [3.8, 4) is 6.07 Å². The Kier molecular flexibility index (Phi) is 5.12. The molecule has 0 aliphatic carbocycles. The van der Waals surface area contributed by atoms with Crippen LogP contribution in [0.1, 0.15) is 30.8 Å². The van der Waals surface area contributed by atoms with Crippen LogP contribution in [0.25, 0.3) is 0 Å². The summed E-state index contributed by atoms with van der Waals surface area (Å²) in [5, 5.41) is 13.1. The van der Waals surface area contributed by atoms with Crippen LogP contribution in [0.15, 0.2) is 5.16 Å². The van der Waals surface area contributed by atoms with Crippen molar-refractivity contribution >= 4 is 11.8 Å². The minimum Gasteiger partial charge on any atom is -0.299 e. The molecule has 0 saturated heterocycles. The second-order valence-electron chi connectivity index (χ2n) is 4.56. The van der Waals surface area contributed by atoms with Crippen molar-refractivity contribution in [2.75, 3.05) is 12.3 Å². The van der Waals surface area contributed by atoms with E-state index in [-0.39, 0.29) is 0 Å². The Hall–Kier alpha value is -1.12. The van der Waals surface area contributed by atoms with Gasteiger partial charge in [-0.25, -0.2) is 9.97 Å². The van der Waals surface area contributed by atoms with Gasteiger partial charge in [0, 0.05) is 17.1 Å². The number of aromatic nitrogens is 2. The van der Waals surface area contributed by atoms with Gasteiger partial charge < -0.3 is 0 Å². The zero-order valence-corrected chi connectivity index (χ0v) is 12.5. The molecule has 4 nitrogen and oxygen atoms in total. The SMILES string of the molecule is CCNC(C)(C#N)CSc1nc(C)c(C)c(C)n1. The molecule has 5 heteroatoms. The highest BCUT2D eigenvalue weighted by molar-refractivity contribution is 7.99. The molecule has 1 N–H and O–H groups in total. The van der Waals surface area contributed by atoms with E-state index in [1.807, 2.05) is 34.6 Å². The summed E-state index contributed by atoms with van der Waals surface area (Å²) in [6, 6.07) is 2.30. The Labute approximate surface area is 113 Å². The normalized spacial score (nSPS) is 14.0. The zero-order chi connectivity index (χ0) is 13.8. The molecule has 0 bridgehead atoms. The van der Waals surface area contributed by atoms with Crippen LogP contribution in [-0.4, -0.2) is 27.8 Å². The topological polar surface area (TPSA) is 61.6 Å². The lowest BCUT2D eigenvalue weighted by molar-refractivity contribution is 0.511. The molecule has 1 unspecified atom stereocenters. The van der Waals surface area contributed by atoms with E-state index in [2.05, 4.69) is 21.4 Å². The Bertz CT molecular complexity index is 444. The van der Waals surface area contributed by atoms with Crippen LogP contribution in [-0.2, 0) is 0 Å². The van der Waals surface area contributed by atoms with Gasteiger partial charge in [0.15, 0.2) is 5.16 Å². The van der Waals surface area contributed by atoms with Crippen LogP contribution in [0.5, 0.6) is 0 Å². The monoisotopic (exact) mass is 264 g/mol. The third-order valence-corrected chi connectivity index (χ3v) is 4.08. The lowest BCUT2D eigenvalue weighted by Gasteiger charge is -2.21. The standard InChI is InChI=1S/C13H20N4S/c1-6-15-13(5,7-14)8-18-12-16-10(3)9(2)11(4)17-12/h15H,6,8H2,1-5H3. The fraction of sp³-hybridized carbons (Fsp3) is 0.615. The van der Waals surface area contributed by atoms with E-state index in [4.69, 9.17) is 0 Å². The van der Waals surface area contributed by atoms with Crippen molar-refractivity contribution in [3.05, 3.63) is 17.0 Å². The van der Waals surface area contributed by atoms with Gasteiger partial charge in [0.05, 0.1) is 6.07 Å². The van der Waals surface area contributed by atoms with E-state index in [9.17, 15) is 5.26 Å². The smallest absolute Gasteiger partial charge is 0.188 e. The molecule has 1 rings (SSSR count). The fourth-order valence-corrected chi connectivity index (χ4v) is 2.52. The highest BCUT2D eigenvalue weighted by Crippen LogP contribution is 2.21. The number of hydrogen-bond acceptors (Lipinski definition) is 5. The van der Waals surface area contributed by atoms with E-state index in [0.717, 1.165) is 28.7 Å². The van der Waals surface area contributed by atoms with E-state index >= 15 is 0 Å². The number of nitrogens with one attached hydrogen (secondary N) is 1. The summed E-state index contributed by atoms with van der Waals surface area (Å²) in [5.41, 5.74) is 2.61. The third-order valence-electron chi connectivity index (χ3n) is 2.92.